The summed E-state index contributed by atoms with van der Waals surface area (Å²) >= 11 is 0. The number of piperidine rings is 1. The predicted octanol–water partition coefficient (Wildman–Crippen LogP) is 3.32. The molecule has 2 amide bonds. The number of hydrogen-bond acceptors (Lipinski definition) is 4. The Labute approximate surface area is 188 Å². The maximum atomic E-state index is 13.1. The zero-order valence-corrected chi connectivity index (χ0v) is 18.2. The van der Waals surface area contributed by atoms with Crippen molar-refractivity contribution >= 4 is 28.3 Å². The quantitative estimate of drug-likeness (QED) is 0.640. The summed E-state index contributed by atoms with van der Waals surface area (Å²) in [6.45, 7) is 3.70. The molecule has 0 bridgehead atoms. The Morgan fingerprint density at radius 3 is 2.41 bits per heavy atom. The van der Waals surface area contributed by atoms with E-state index in [9.17, 15) is 9.59 Å². The van der Waals surface area contributed by atoms with Crippen molar-refractivity contribution in [2.75, 3.05) is 37.6 Å². The SMILES string of the molecule is O=C1CN(C(=O)C2CCN(c3ccncc3)CC2)CCN1Cc1ccc2ccccc2c1. The Balaban J connectivity index is 1.15. The third-order valence-corrected chi connectivity index (χ3v) is 6.69. The molecule has 0 aliphatic carbocycles. The molecule has 1 aromatic heterocycles. The minimum absolute atomic E-state index is 0.00734. The standard InChI is InChI=1S/C26H28N4O2/c31-25-19-30(26(32)22-9-13-28(14-10-22)24-7-11-27-12-8-24)16-15-29(25)18-20-5-6-21-3-1-2-4-23(21)17-20/h1-8,11-12,17,22H,9-10,13-16,18-19H2. The molecule has 3 heterocycles. The van der Waals surface area contributed by atoms with E-state index in [1.165, 1.54) is 10.8 Å². The van der Waals surface area contributed by atoms with Gasteiger partial charge in [-0.3, -0.25) is 14.6 Å². The minimum Gasteiger partial charge on any atom is -0.371 e. The Kier molecular flexibility index (Phi) is 5.75. The zero-order valence-electron chi connectivity index (χ0n) is 18.2. The van der Waals surface area contributed by atoms with E-state index in [2.05, 4.69) is 40.2 Å². The molecule has 0 unspecified atom stereocenters. The first kappa shape index (κ1) is 20.5. The number of aromatic nitrogens is 1. The number of hydrogen-bond donors (Lipinski definition) is 0. The summed E-state index contributed by atoms with van der Waals surface area (Å²) in [6.07, 6.45) is 5.25. The summed E-state index contributed by atoms with van der Waals surface area (Å²) in [5, 5.41) is 2.39. The number of benzene rings is 2. The van der Waals surface area contributed by atoms with Gasteiger partial charge in [-0.2, -0.15) is 0 Å². The summed E-state index contributed by atoms with van der Waals surface area (Å²) < 4.78 is 0. The average Bonchev–Trinajstić information content (AvgIpc) is 2.85. The van der Waals surface area contributed by atoms with Gasteiger partial charge in [-0.25, -0.2) is 0 Å². The Bertz CT molecular complexity index is 1110. The first-order chi connectivity index (χ1) is 15.7. The molecular weight excluding hydrogens is 400 g/mol. The average molecular weight is 429 g/mol. The molecule has 2 aliphatic heterocycles. The molecule has 2 fully saturated rings. The fourth-order valence-corrected chi connectivity index (χ4v) is 4.82. The Morgan fingerprint density at radius 2 is 1.66 bits per heavy atom. The van der Waals surface area contributed by atoms with Gasteiger partial charge in [-0.15, -0.1) is 0 Å². The second kappa shape index (κ2) is 8.99. The van der Waals surface area contributed by atoms with Crippen molar-refractivity contribution in [3.63, 3.8) is 0 Å². The van der Waals surface area contributed by atoms with Crippen molar-refractivity contribution in [3.05, 3.63) is 72.6 Å². The minimum atomic E-state index is 0.00734. The lowest BCUT2D eigenvalue weighted by Gasteiger charge is -2.38. The number of piperazine rings is 1. The lowest BCUT2D eigenvalue weighted by Crippen LogP contribution is -2.54. The van der Waals surface area contributed by atoms with Crippen molar-refractivity contribution in [2.45, 2.75) is 19.4 Å². The van der Waals surface area contributed by atoms with Gasteiger partial charge in [0.15, 0.2) is 0 Å². The van der Waals surface area contributed by atoms with Gasteiger partial charge >= 0.3 is 0 Å². The van der Waals surface area contributed by atoms with E-state index in [0.717, 1.165) is 37.2 Å². The number of fused-ring (bicyclic) bond motifs is 1. The lowest BCUT2D eigenvalue weighted by atomic mass is 9.94. The van der Waals surface area contributed by atoms with Crippen molar-refractivity contribution in [1.29, 1.82) is 0 Å². The summed E-state index contributed by atoms with van der Waals surface area (Å²) in [5.41, 5.74) is 2.28. The molecule has 0 radical (unpaired) electrons. The van der Waals surface area contributed by atoms with E-state index >= 15 is 0 Å². The van der Waals surface area contributed by atoms with Crippen LogP contribution in [0.25, 0.3) is 10.8 Å². The largest absolute Gasteiger partial charge is 0.371 e. The summed E-state index contributed by atoms with van der Waals surface area (Å²) in [4.78, 5) is 35.9. The number of nitrogens with zero attached hydrogens (tertiary/aromatic N) is 4. The van der Waals surface area contributed by atoms with Crippen LogP contribution in [0.1, 0.15) is 18.4 Å². The van der Waals surface area contributed by atoms with Gasteiger partial charge < -0.3 is 14.7 Å². The second-order valence-electron chi connectivity index (χ2n) is 8.72. The Morgan fingerprint density at radius 1 is 0.906 bits per heavy atom. The summed E-state index contributed by atoms with van der Waals surface area (Å²) in [6, 6.07) is 18.6. The van der Waals surface area contributed by atoms with E-state index in [1.54, 1.807) is 17.3 Å². The third kappa shape index (κ3) is 4.31. The molecule has 32 heavy (non-hydrogen) atoms. The number of pyridine rings is 1. The van der Waals surface area contributed by atoms with Gasteiger partial charge in [0.1, 0.15) is 0 Å². The molecule has 2 aliphatic rings. The summed E-state index contributed by atoms with van der Waals surface area (Å²) in [7, 11) is 0. The van der Waals surface area contributed by atoms with Crippen molar-refractivity contribution in [2.24, 2.45) is 5.92 Å². The van der Waals surface area contributed by atoms with E-state index in [4.69, 9.17) is 0 Å². The van der Waals surface area contributed by atoms with Gasteiger partial charge in [0.25, 0.3) is 0 Å². The predicted molar refractivity (Wildman–Crippen MR) is 125 cm³/mol. The number of anilines is 1. The highest BCUT2D eigenvalue weighted by molar-refractivity contribution is 5.87. The highest BCUT2D eigenvalue weighted by atomic mass is 16.2. The first-order valence-electron chi connectivity index (χ1n) is 11.4. The summed E-state index contributed by atoms with van der Waals surface area (Å²) in [5.74, 6) is 0.179. The van der Waals surface area contributed by atoms with E-state index in [1.807, 2.05) is 29.2 Å². The van der Waals surface area contributed by atoms with Crippen molar-refractivity contribution in [1.82, 2.24) is 14.8 Å². The number of rotatable bonds is 4. The molecule has 2 aromatic carbocycles. The van der Waals surface area contributed by atoms with Crippen molar-refractivity contribution < 1.29 is 9.59 Å². The smallest absolute Gasteiger partial charge is 0.242 e. The number of carbonyl (C=O) groups excluding carboxylic acids is 2. The van der Waals surface area contributed by atoms with Crippen LogP contribution in [0.15, 0.2) is 67.0 Å². The van der Waals surface area contributed by atoms with Crippen LogP contribution in [-0.2, 0) is 16.1 Å². The monoisotopic (exact) mass is 428 g/mol. The fraction of sp³-hybridized carbons (Fsp3) is 0.346. The highest BCUT2D eigenvalue weighted by Crippen LogP contribution is 2.25. The van der Waals surface area contributed by atoms with Crippen LogP contribution in [0.3, 0.4) is 0 Å². The first-order valence-corrected chi connectivity index (χ1v) is 11.4. The van der Waals surface area contributed by atoms with Gasteiger partial charge in [0, 0.05) is 56.7 Å². The van der Waals surface area contributed by atoms with Crippen LogP contribution in [-0.4, -0.2) is 59.3 Å². The molecule has 5 rings (SSSR count). The van der Waals surface area contributed by atoms with Crippen LogP contribution >= 0.6 is 0 Å². The lowest BCUT2D eigenvalue weighted by molar-refractivity contribution is -0.148. The molecule has 2 saturated heterocycles. The van der Waals surface area contributed by atoms with E-state index in [0.29, 0.717) is 19.6 Å². The number of carbonyl (C=O) groups is 2. The topological polar surface area (TPSA) is 56.8 Å². The van der Waals surface area contributed by atoms with Crippen LogP contribution in [0.5, 0.6) is 0 Å². The molecule has 164 valence electrons. The van der Waals surface area contributed by atoms with E-state index < -0.39 is 0 Å². The van der Waals surface area contributed by atoms with Crippen LogP contribution < -0.4 is 4.90 Å². The van der Waals surface area contributed by atoms with Gasteiger partial charge in [-0.1, -0.05) is 36.4 Å². The van der Waals surface area contributed by atoms with Gasteiger partial charge in [0.05, 0.1) is 6.54 Å². The molecular formula is C26H28N4O2. The molecule has 6 nitrogen and oxygen atoms in total. The van der Waals surface area contributed by atoms with Crippen LogP contribution in [0.2, 0.25) is 0 Å². The number of amides is 2. The van der Waals surface area contributed by atoms with Crippen molar-refractivity contribution in [3.8, 4) is 0 Å². The molecule has 0 saturated carbocycles. The maximum Gasteiger partial charge on any atom is 0.242 e. The van der Waals surface area contributed by atoms with Crippen LogP contribution in [0, 0.1) is 5.92 Å². The van der Waals surface area contributed by atoms with Crippen LogP contribution in [0.4, 0.5) is 5.69 Å². The molecule has 0 spiro atoms. The fourth-order valence-electron chi connectivity index (χ4n) is 4.82. The van der Waals surface area contributed by atoms with Gasteiger partial charge in [0.2, 0.25) is 11.8 Å². The third-order valence-electron chi connectivity index (χ3n) is 6.69. The van der Waals surface area contributed by atoms with Gasteiger partial charge in [-0.05, 0) is 47.4 Å². The molecule has 0 atom stereocenters. The highest BCUT2D eigenvalue weighted by Gasteiger charge is 2.33. The Hall–Kier alpha value is -3.41. The normalized spacial score (nSPS) is 17.8. The second-order valence-corrected chi connectivity index (χ2v) is 8.72. The zero-order chi connectivity index (χ0) is 21.9. The maximum absolute atomic E-state index is 13.1. The molecule has 6 heteroatoms. The molecule has 0 N–H and O–H groups in total. The molecule has 3 aromatic rings. The van der Waals surface area contributed by atoms with E-state index in [-0.39, 0.29) is 24.3 Å².